The summed E-state index contributed by atoms with van der Waals surface area (Å²) in [6.45, 7) is 7.87. The first kappa shape index (κ1) is 18.4. The van der Waals surface area contributed by atoms with E-state index in [0.717, 1.165) is 65.2 Å². The number of piperazine rings is 1. The van der Waals surface area contributed by atoms with Crippen LogP contribution in [0.5, 0.6) is 0 Å². The zero-order valence-electron chi connectivity index (χ0n) is 15.7. The van der Waals surface area contributed by atoms with E-state index in [1.54, 1.807) is 0 Å². The average Bonchev–Trinajstić information content (AvgIpc) is 3.08. The summed E-state index contributed by atoms with van der Waals surface area (Å²) in [4.78, 5) is 22.2. The molecular formula is C20H32N4O. The first-order valence-electron chi connectivity index (χ1n) is 9.57. The summed E-state index contributed by atoms with van der Waals surface area (Å²) in [5.74, 6) is 0.348. The molecule has 3 rings (SSSR count). The zero-order chi connectivity index (χ0) is 17.6. The maximum absolute atomic E-state index is 13.0. The Labute approximate surface area is 152 Å². The molecule has 2 aliphatic heterocycles. The number of likely N-dealkylation sites (tertiary alicyclic amines) is 1. The molecule has 0 spiro atoms. The van der Waals surface area contributed by atoms with Crippen LogP contribution in [0.25, 0.3) is 0 Å². The van der Waals surface area contributed by atoms with Crippen LogP contribution in [0.3, 0.4) is 0 Å². The number of rotatable bonds is 6. The fourth-order valence-corrected chi connectivity index (χ4v) is 3.86. The highest BCUT2D eigenvalue weighted by atomic mass is 16.2. The standard InChI is InChI=1S/C20H32N4O/c1-21(2)11-12-22-13-15-23(16-14-22)20(25)19-9-6-10-24(19)17-18-7-4-3-5-8-18/h3-5,7-8,19H,6,9-17H2,1-2H3. The largest absolute Gasteiger partial charge is 0.339 e. The minimum absolute atomic E-state index is 0.0773. The van der Waals surface area contributed by atoms with Gasteiger partial charge in [-0.3, -0.25) is 14.6 Å². The Balaban J connectivity index is 1.50. The number of benzene rings is 1. The topological polar surface area (TPSA) is 30.0 Å². The van der Waals surface area contributed by atoms with Gasteiger partial charge in [0.25, 0.3) is 0 Å². The van der Waals surface area contributed by atoms with Gasteiger partial charge in [-0.2, -0.15) is 0 Å². The van der Waals surface area contributed by atoms with Gasteiger partial charge in [-0.15, -0.1) is 0 Å². The lowest BCUT2D eigenvalue weighted by Crippen LogP contribution is -2.54. The molecule has 0 N–H and O–H groups in total. The summed E-state index contributed by atoms with van der Waals surface area (Å²) < 4.78 is 0. The Kier molecular flexibility index (Phi) is 6.45. The second-order valence-electron chi connectivity index (χ2n) is 7.58. The van der Waals surface area contributed by atoms with Crippen molar-refractivity contribution in [2.75, 3.05) is 59.9 Å². The van der Waals surface area contributed by atoms with Crippen LogP contribution < -0.4 is 0 Å². The number of hydrogen-bond donors (Lipinski definition) is 0. The average molecular weight is 345 g/mol. The molecule has 2 aliphatic rings. The van der Waals surface area contributed by atoms with E-state index in [1.165, 1.54) is 5.56 Å². The summed E-state index contributed by atoms with van der Waals surface area (Å²) in [6, 6.07) is 10.6. The van der Waals surface area contributed by atoms with Gasteiger partial charge in [0.2, 0.25) is 5.91 Å². The second kappa shape index (κ2) is 8.79. The van der Waals surface area contributed by atoms with E-state index in [4.69, 9.17) is 0 Å². The van der Waals surface area contributed by atoms with Crippen molar-refractivity contribution in [3.63, 3.8) is 0 Å². The number of nitrogens with zero attached hydrogens (tertiary/aromatic N) is 4. The maximum atomic E-state index is 13.0. The van der Waals surface area contributed by atoms with E-state index < -0.39 is 0 Å². The molecular weight excluding hydrogens is 312 g/mol. The van der Waals surface area contributed by atoms with Crippen molar-refractivity contribution in [2.24, 2.45) is 0 Å². The van der Waals surface area contributed by atoms with Crippen molar-refractivity contribution >= 4 is 5.91 Å². The molecule has 2 saturated heterocycles. The summed E-state index contributed by atoms with van der Waals surface area (Å²) in [5.41, 5.74) is 1.30. The molecule has 0 aromatic heterocycles. The van der Waals surface area contributed by atoms with E-state index >= 15 is 0 Å². The van der Waals surface area contributed by atoms with E-state index in [-0.39, 0.29) is 6.04 Å². The molecule has 2 fully saturated rings. The summed E-state index contributed by atoms with van der Waals surface area (Å²) in [5, 5.41) is 0. The molecule has 1 aromatic rings. The zero-order valence-corrected chi connectivity index (χ0v) is 15.7. The summed E-state index contributed by atoms with van der Waals surface area (Å²) >= 11 is 0. The summed E-state index contributed by atoms with van der Waals surface area (Å²) in [6.07, 6.45) is 2.14. The van der Waals surface area contributed by atoms with Gasteiger partial charge in [0.05, 0.1) is 6.04 Å². The van der Waals surface area contributed by atoms with Crippen LogP contribution >= 0.6 is 0 Å². The minimum atomic E-state index is 0.0773. The number of likely N-dealkylation sites (N-methyl/N-ethyl adjacent to an activating group) is 1. The van der Waals surface area contributed by atoms with Crippen molar-refractivity contribution in [3.05, 3.63) is 35.9 Å². The molecule has 0 aliphatic carbocycles. The fourth-order valence-electron chi connectivity index (χ4n) is 3.86. The van der Waals surface area contributed by atoms with Crippen LogP contribution in [0.2, 0.25) is 0 Å². The first-order valence-corrected chi connectivity index (χ1v) is 9.57. The molecule has 138 valence electrons. The van der Waals surface area contributed by atoms with Gasteiger partial charge in [-0.25, -0.2) is 0 Å². The van der Waals surface area contributed by atoms with Gasteiger partial charge in [-0.05, 0) is 39.0 Å². The predicted molar refractivity (Wildman–Crippen MR) is 101 cm³/mol. The van der Waals surface area contributed by atoms with Crippen molar-refractivity contribution in [3.8, 4) is 0 Å². The van der Waals surface area contributed by atoms with Gasteiger partial charge >= 0.3 is 0 Å². The lowest BCUT2D eigenvalue weighted by molar-refractivity contribution is -0.138. The quantitative estimate of drug-likeness (QED) is 0.779. The molecule has 2 heterocycles. The van der Waals surface area contributed by atoms with E-state index in [0.29, 0.717) is 5.91 Å². The molecule has 5 nitrogen and oxygen atoms in total. The van der Waals surface area contributed by atoms with Crippen LogP contribution in [0, 0.1) is 0 Å². The Morgan fingerprint density at radius 1 is 1.08 bits per heavy atom. The molecule has 1 atom stereocenters. The normalized spacial score (nSPS) is 22.7. The van der Waals surface area contributed by atoms with Gasteiger partial charge < -0.3 is 9.80 Å². The Morgan fingerprint density at radius 2 is 1.80 bits per heavy atom. The van der Waals surface area contributed by atoms with Crippen LogP contribution in [0.1, 0.15) is 18.4 Å². The molecule has 5 heteroatoms. The monoisotopic (exact) mass is 344 g/mol. The van der Waals surface area contributed by atoms with Gasteiger partial charge in [0.1, 0.15) is 0 Å². The van der Waals surface area contributed by atoms with Gasteiger partial charge in [0, 0.05) is 45.8 Å². The molecule has 1 aromatic carbocycles. The highest BCUT2D eigenvalue weighted by Gasteiger charge is 2.34. The minimum Gasteiger partial charge on any atom is -0.339 e. The Hall–Kier alpha value is -1.43. The van der Waals surface area contributed by atoms with E-state index in [2.05, 4.69) is 58.0 Å². The number of carbonyl (C=O) groups is 1. The Bertz CT molecular complexity index is 540. The third-order valence-electron chi connectivity index (χ3n) is 5.42. The van der Waals surface area contributed by atoms with Gasteiger partial charge in [-0.1, -0.05) is 30.3 Å². The highest BCUT2D eigenvalue weighted by Crippen LogP contribution is 2.22. The molecule has 0 radical (unpaired) electrons. The van der Waals surface area contributed by atoms with Crippen LogP contribution in [0.15, 0.2) is 30.3 Å². The number of amides is 1. The predicted octanol–water partition coefficient (Wildman–Crippen LogP) is 1.36. The molecule has 1 amide bonds. The number of carbonyl (C=O) groups excluding carboxylic acids is 1. The van der Waals surface area contributed by atoms with Crippen LogP contribution in [-0.2, 0) is 11.3 Å². The van der Waals surface area contributed by atoms with E-state index in [9.17, 15) is 4.79 Å². The lowest BCUT2D eigenvalue weighted by atomic mass is 10.1. The first-order chi connectivity index (χ1) is 12.1. The van der Waals surface area contributed by atoms with Crippen molar-refractivity contribution in [1.82, 2.24) is 19.6 Å². The molecule has 0 bridgehead atoms. The SMILES string of the molecule is CN(C)CCN1CCN(C(=O)C2CCCN2Cc2ccccc2)CC1. The Morgan fingerprint density at radius 3 is 2.48 bits per heavy atom. The van der Waals surface area contributed by atoms with Crippen LogP contribution in [-0.4, -0.2) is 91.5 Å². The maximum Gasteiger partial charge on any atom is 0.240 e. The molecule has 0 saturated carbocycles. The lowest BCUT2D eigenvalue weighted by Gasteiger charge is -2.37. The van der Waals surface area contributed by atoms with Crippen molar-refractivity contribution in [2.45, 2.75) is 25.4 Å². The highest BCUT2D eigenvalue weighted by molar-refractivity contribution is 5.82. The van der Waals surface area contributed by atoms with Crippen LogP contribution in [0.4, 0.5) is 0 Å². The van der Waals surface area contributed by atoms with Gasteiger partial charge in [0.15, 0.2) is 0 Å². The van der Waals surface area contributed by atoms with Crippen molar-refractivity contribution < 1.29 is 4.79 Å². The number of hydrogen-bond acceptors (Lipinski definition) is 4. The smallest absolute Gasteiger partial charge is 0.240 e. The van der Waals surface area contributed by atoms with E-state index in [1.807, 2.05) is 6.07 Å². The summed E-state index contributed by atoms with van der Waals surface area (Å²) in [7, 11) is 4.22. The third kappa shape index (κ3) is 5.03. The molecule has 25 heavy (non-hydrogen) atoms. The third-order valence-corrected chi connectivity index (χ3v) is 5.42. The molecule has 1 unspecified atom stereocenters. The second-order valence-corrected chi connectivity index (χ2v) is 7.58. The fraction of sp³-hybridized carbons (Fsp3) is 0.650. The van der Waals surface area contributed by atoms with Crippen molar-refractivity contribution in [1.29, 1.82) is 0 Å².